The molecule has 1 aromatic rings. The topological polar surface area (TPSA) is 112 Å². The molecule has 1 aliphatic rings. The second-order valence-corrected chi connectivity index (χ2v) is 6.13. The van der Waals surface area contributed by atoms with Crippen LogP contribution in [0.3, 0.4) is 0 Å². The Morgan fingerprint density at radius 2 is 2.05 bits per heavy atom. The van der Waals surface area contributed by atoms with Gasteiger partial charge in [-0.3, -0.25) is 14.9 Å². The average molecular weight is 281 g/mol. The van der Waals surface area contributed by atoms with E-state index in [4.69, 9.17) is 11.5 Å². The highest BCUT2D eigenvalue weighted by Crippen LogP contribution is 2.39. The SMILES string of the molecule is NC(=O)C1(N)CCC(Sc2ccc([N+](=O)[O-])cc2)C1. The number of nitrogens with zero attached hydrogens (tertiary/aromatic N) is 1. The van der Waals surface area contributed by atoms with Gasteiger partial charge in [-0.15, -0.1) is 11.8 Å². The van der Waals surface area contributed by atoms with Crippen molar-refractivity contribution in [3.8, 4) is 0 Å². The fraction of sp³-hybridized carbons (Fsp3) is 0.417. The van der Waals surface area contributed by atoms with Gasteiger partial charge in [0.25, 0.3) is 5.69 Å². The number of hydrogen-bond acceptors (Lipinski definition) is 5. The number of carbonyl (C=O) groups is 1. The Labute approximate surface area is 114 Å². The van der Waals surface area contributed by atoms with E-state index in [-0.39, 0.29) is 10.9 Å². The lowest BCUT2D eigenvalue weighted by Gasteiger charge is -2.19. The van der Waals surface area contributed by atoms with Gasteiger partial charge >= 0.3 is 0 Å². The van der Waals surface area contributed by atoms with Crippen molar-refractivity contribution in [1.29, 1.82) is 0 Å². The van der Waals surface area contributed by atoms with Crippen LogP contribution in [0.5, 0.6) is 0 Å². The van der Waals surface area contributed by atoms with E-state index in [1.807, 2.05) is 0 Å². The first-order valence-corrected chi connectivity index (χ1v) is 6.78. The molecule has 4 N–H and O–H groups in total. The van der Waals surface area contributed by atoms with Gasteiger partial charge in [0.1, 0.15) is 0 Å². The van der Waals surface area contributed by atoms with Gasteiger partial charge in [0.05, 0.1) is 10.5 Å². The minimum atomic E-state index is -0.904. The van der Waals surface area contributed by atoms with Crippen LogP contribution in [0.4, 0.5) is 5.69 Å². The van der Waals surface area contributed by atoms with Gasteiger partial charge in [0.15, 0.2) is 0 Å². The Kier molecular flexibility index (Phi) is 3.77. The van der Waals surface area contributed by atoms with Crippen molar-refractivity contribution in [2.24, 2.45) is 11.5 Å². The van der Waals surface area contributed by atoms with Crippen LogP contribution in [0, 0.1) is 10.1 Å². The summed E-state index contributed by atoms with van der Waals surface area (Å²) in [6, 6.07) is 6.37. The Morgan fingerprint density at radius 3 is 2.53 bits per heavy atom. The maximum absolute atomic E-state index is 11.3. The molecule has 0 spiro atoms. The van der Waals surface area contributed by atoms with Crippen molar-refractivity contribution in [2.75, 3.05) is 0 Å². The molecule has 0 aliphatic heterocycles. The molecule has 0 bridgehead atoms. The van der Waals surface area contributed by atoms with E-state index in [0.717, 1.165) is 11.3 Å². The van der Waals surface area contributed by atoms with Crippen LogP contribution < -0.4 is 11.5 Å². The van der Waals surface area contributed by atoms with Crippen molar-refractivity contribution in [1.82, 2.24) is 0 Å². The normalized spacial score (nSPS) is 26.3. The van der Waals surface area contributed by atoms with Crippen molar-refractivity contribution >= 4 is 23.4 Å². The standard InChI is InChI=1S/C12H15N3O3S/c13-11(16)12(14)6-5-10(7-12)19-9-3-1-8(2-4-9)15(17)18/h1-4,10H,5-7,14H2,(H2,13,16). The molecule has 1 amide bonds. The minimum absolute atomic E-state index is 0.0704. The quantitative estimate of drug-likeness (QED) is 0.640. The maximum Gasteiger partial charge on any atom is 0.269 e. The monoisotopic (exact) mass is 281 g/mol. The lowest BCUT2D eigenvalue weighted by molar-refractivity contribution is -0.384. The lowest BCUT2D eigenvalue weighted by Crippen LogP contribution is -2.50. The molecule has 0 radical (unpaired) electrons. The molecule has 2 rings (SSSR count). The molecule has 1 aromatic carbocycles. The van der Waals surface area contributed by atoms with Gasteiger partial charge < -0.3 is 11.5 Å². The van der Waals surface area contributed by atoms with E-state index >= 15 is 0 Å². The van der Waals surface area contributed by atoms with Crippen LogP contribution in [-0.4, -0.2) is 21.6 Å². The molecule has 1 aliphatic carbocycles. The third-order valence-electron chi connectivity index (χ3n) is 3.35. The molecule has 2 atom stereocenters. The zero-order valence-electron chi connectivity index (χ0n) is 10.2. The summed E-state index contributed by atoms with van der Waals surface area (Å²) < 4.78 is 0. The second kappa shape index (κ2) is 5.18. The van der Waals surface area contributed by atoms with Crippen LogP contribution >= 0.6 is 11.8 Å². The van der Waals surface area contributed by atoms with Crippen molar-refractivity contribution < 1.29 is 9.72 Å². The Bertz CT molecular complexity index is 505. The molecular weight excluding hydrogens is 266 g/mol. The molecule has 1 fully saturated rings. The molecule has 6 nitrogen and oxygen atoms in total. The van der Waals surface area contributed by atoms with Gasteiger partial charge in [-0.1, -0.05) is 0 Å². The number of nitro groups is 1. The Hall–Kier alpha value is -1.60. The minimum Gasteiger partial charge on any atom is -0.368 e. The summed E-state index contributed by atoms with van der Waals surface area (Å²) in [6.45, 7) is 0. The molecule has 102 valence electrons. The number of nitro benzene ring substituents is 1. The molecule has 1 saturated carbocycles. The zero-order valence-corrected chi connectivity index (χ0v) is 11.1. The highest BCUT2D eigenvalue weighted by atomic mass is 32.2. The molecule has 7 heteroatoms. The highest BCUT2D eigenvalue weighted by molar-refractivity contribution is 8.00. The van der Waals surface area contributed by atoms with Gasteiger partial charge in [0, 0.05) is 22.3 Å². The number of non-ortho nitro benzene ring substituents is 1. The summed E-state index contributed by atoms with van der Waals surface area (Å²) in [4.78, 5) is 22.3. The van der Waals surface area contributed by atoms with Crippen LogP contribution in [-0.2, 0) is 4.79 Å². The lowest BCUT2D eigenvalue weighted by atomic mass is 9.99. The smallest absolute Gasteiger partial charge is 0.269 e. The number of benzene rings is 1. The molecule has 0 saturated heterocycles. The van der Waals surface area contributed by atoms with Crippen molar-refractivity contribution in [3.63, 3.8) is 0 Å². The van der Waals surface area contributed by atoms with E-state index < -0.39 is 16.4 Å². The predicted octanol–water partition coefficient (Wildman–Crippen LogP) is 1.42. The van der Waals surface area contributed by atoms with E-state index in [0.29, 0.717) is 12.8 Å². The largest absolute Gasteiger partial charge is 0.368 e. The molecular formula is C12H15N3O3S. The fourth-order valence-corrected chi connectivity index (χ4v) is 3.49. The third-order valence-corrected chi connectivity index (χ3v) is 4.63. The molecule has 0 aromatic heterocycles. The molecule has 0 heterocycles. The Morgan fingerprint density at radius 1 is 1.42 bits per heavy atom. The number of hydrogen-bond donors (Lipinski definition) is 2. The number of carbonyl (C=O) groups excluding carboxylic acids is 1. The van der Waals surface area contributed by atoms with Gasteiger partial charge in [0.2, 0.25) is 5.91 Å². The summed E-state index contributed by atoms with van der Waals surface area (Å²) >= 11 is 1.58. The first kappa shape index (κ1) is 13.8. The Balaban J connectivity index is 1.99. The van der Waals surface area contributed by atoms with Crippen molar-refractivity contribution in [3.05, 3.63) is 34.4 Å². The predicted molar refractivity (Wildman–Crippen MR) is 72.7 cm³/mol. The molecule has 19 heavy (non-hydrogen) atoms. The summed E-state index contributed by atoms with van der Waals surface area (Å²) in [5, 5.41) is 10.8. The fourth-order valence-electron chi connectivity index (χ4n) is 2.19. The summed E-state index contributed by atoms with van der Waals surface area (Å²) in [7, 11) is 0. The van der Waals surface area contributed by atoms with Crippen LogP contribution in [0.1, 0.15) is 19.3 Å². The van der Waals surface area contributed by atoms with E-state index in [1.54, 1.807) is 23.9 Å². The van der Waals surface area contributed by atoms with Crippen LogP contribution in [0.2, 0.25) is 0 Å². The van der Waals surface area contributed by atoms with Gasteiger partial charge in [-0.2, -0.15) is 0 Å². The summed E-state index contributed by atoms with van der Waals surface area (Å²) in [5.41, 5.74) is 10.4. The zero-order chi connectivity index (χ0) is 14.0. The number of thioether (sulfide) groups is 1. The first-order valence-electron chi connectivity index (χ1n) is 5.91. The number of rotatable bonds is 4. The van der Waals surface area contributed by atoms with Crippen LogP contribution in [0.25, 0.3) is 0 Å². The molecule has 2 unspecified atom stereocenters. The summed E-state index contributed by atoms with van der Waals surface area (Å²) in [5.74, 6) is -0.459. The van der Waals surface area contributed by atoms with E-state index in [2.05, 4.69) is 0 Å². The van der Waals surface area contributed by atoms with Crippen LogP contribution in [0.15, 0.2) is 29.2 Å². The maximum atomic E-state index is 11.3. The van der Waals surface area contributed by atoms with Gasteiger partial charge in [-0.25, -0.2) is 0 Å². The average Bonchev–Trinajstić information content (AvgIpc) is 2.73. The number of nitrogens with two attached hydrogens (primary N) is 2. The van der Waals surface area contributed by atoms with Crippen molar-refractivity contribution in [2.45, 2.75) is 34.9 Å². The van der Waals surface area contributed by atoms with Gasteiger partial charge in [-0.05, 0) is 31.4 Å². The highest BCUT2D eigenvalue weighted by Gasteiger charge is 2.40. The number of primary amides is 1. The van der Waals surface area contributed by atoms with E-state index in [9.17, 15) is 14.9 Å². The first-order chi connectivity index (χ1) is 8.90. The number of amides is 1. The summed E-state index contributed by atoms with van der Waals surface area (Å²) in [6.07, 6.45) is 1.96. The second-order valence-electron chi connectivity index (χ2n) is 4.75. The van der Waals surface area contributed by atoms with E-state index in [1.165, 1.54) is 12.1 Å². The third kappa shape index (κ3) is 3.05.